The number of aryl methyl sites for hydroxylation is 1. The van der Waals surface area contributed by atoms with E-state index in [1.807, 2.05) is 0 Å². The van der Waals surface area contributed by atoms with Gasteiger partial charge in [0.25, 0.3) is 10.0 Å². The molecule has 0 bridgehead atoms. The van der Waals surface area contributed by atoms with Crippen LogP contribution in [0.1, 0.15) is 11.1 Å². The molecule has 0 aliphatic rings. The molecule has 0 aliphatic heterocycles. The molecule has 0 amide bonds. The number of rotatable bonds is 4. The third kappa shape index (κ3) is 5.06. The normalized spacial score (nSPS) is 13.4. The van der Waals surface area contributed by atoms with Crippen molar-refractivity contribution in [3.8, 4) is 0 Å². The second-order valence-corrected chi connectivity index (χ2v) is 6.61. The summed E-state index contributed by atoms with van der Waals surface area (Å²) < 4.78 is 65.6. The van der Waals surface area contributed by atoms with E-state index in [9.17, 15) is 21.6 Å². The van der Waals surface area contributed by atoms with Gasteiger partial charge in [0.2, 0.25) is 0 Å². The number of alkyl halides is 3. The van der Waals surface area contributed by atoms with E-state index in [0.29, 0.717) is 6.08 Å². The van der Waals surface area contributed by atoms with Crippen LogP contribution in [0.5, 0.6) is 0 Å². The molecule has 0 aliphatic carbocycles. The molecule has 0 spiro atoms. The third-order valence-corrected chi connectivity index (χ3v) is 4.34. The summed E-state index contributed by atoms with van der Waals surface area (Å²) in [6.45, 7) is 1.79. The lowest BCUT2D eigenvalue weighted by molar-refractivity contribution is -0.0797. The molecule has 0 atom stereocenters. The van der Waals surface area contributed by atoms with E-state index in [1.165, 1.54) is 24.3 Å². The first-order valence-electron chi connectivity index (χ1n) is 6.90. The number of hydrogen-bond acceptors (Lipinski definition) is 2. The van der Waals surface area contributed by atoms with Crippen LogP contribution in [0, 0.1) is 6.92 Å². The number of allylic oxidation sites excluding steroid dienone is 2. The molecule has 0 unspecified atom stereocenters. The van der Waals surface area contributed by atoms with Crippen molar-refractivity contribution < 1.29 is 21.6 Å². The molecular weight excluding hydrogens is 339 g/mol. The fourth-order valence-electron chi connectivity index (χ4n) is 1.85. The quantitative estimate of drug-likeness (QED) is 0.770. The number of hydrogen-bond donors (Lipinski definition) is 0. The van der Waals surface area contributed by atoms with Crippen LogP contribution in [0.3, 0.4) is 0 Å². The van der Waals surface area contributed by atoms with Crippen LogP contribution in [0.4, 0.5) is 13.2 Å². The van der Waals surface area contributed by atoms with E-state index in [1.54, 1.807) is 37.3 Å². The molecule has 2 aromatic rings. The standard InChI is InChI=1S/C17H14F3NO2S/c1-13-7-9-15(10-8-13)24(22,23)21-16(11-12-17(18,19)20)14-5-3-2-4-6-14/h2-12H,1H3/b12-11+,21-16?. The van der Waals surface area contributed by atoms with Gasteiger partial charge in [-0.15, -0.1) is 0 Å². The maximum absolute atomic E-state index is 12.4. The van der Waals surface area contributed by atoms with Crippen LogP contribution < -0.4 is 0 Å². The van der Waals surface area contributed by atoms with Crippen molar-refractivity contribution in [3.05, 3.63) is 77.9 Å². The number of benzene rings is 2. The zero-order valence-corrected chi connectivity index (χ0v) is 13.5. The maximum Gasteiger partial charge on any atom is 0.409 e. The SMILES string of the molecule is Cc1ccc(S(=O)(=O)N=C(/C=C/C(F)(F)F)c2ccccc2)cc1. The van der Waals surface area contributed by atoms with Crippen LogP contribution in [-0.4, -0.2) is 20.3 Å². The predicted octanol–water partition coefficient (Wildman–Crippen LogP) is 4.29. The minimum Gasteiger partial charge on any atom is -0.199 e. The maximum atomic E-state index is 12.4. The Bertz CT molecular complexity index is 853. The molecule has 0 saturated heterocycles. The van der Waals surface area contributed by atoms with Gasteiger partial charge in [0.1, 0.15) is 0 Å². The highest BCUT2D eigenvalue weighted by atomic mass is 32.2. The van der Waals surface area contributed by atoms with Crippen molar-refractivity contribution in [2.24, 2.45) is 4.40 Å². The Morgan fingerprint density at radius 1 is 1.00 bits per heavy atom. The van der Waals surface area contributed by atoms with Gasteiger partial charge >= 0.3 is 6.18 Å². The van der Waals surface area contributed by atoms with Gasteiger partial charge in [0.05, 0.1) is 10.6 Å². The average Bonchev–Trinajstić information content (AvgIpc) is 2.52. The van der Waals surface area contributed by atoms with E-state index in [0.717, 1.165) is 5.56 Å². The summed E-state index contributed by atoms with van der Waals surface area (Å²) in [6, 6.07) is 13.7. The largest absolute Gasteiger partial charge is 0.409 e. The van der Waals surface area contributed by atoms with Crippen molar-refractivity contribution in [2.75, 3.05) is 0 Å². The molecule has 7 heteroatoms. The van der Waals surface area contributed by atoms with Gasteiger partial charge in [0, 0.05) is 11.6 Å². The van der Waals surface area contributed by atoms with Crippen molar-refractivity contribution >= 4 is 15.7 Å². The van der Waals surface area contributed by atoms with Crippen LogP contribution in [0.25, 0.3) is 0 Å². The number of sulfonamides is 1. The Hall–Kier alpha value is -2.41. The van der Waals surface area contributed by atoms with Crippen molar-refractivity contribution in [3.63, 3.8) is 0 Å². The highest BCUT2D eigenvalue weighted by molar-refractivity contribution is 7.90. The smallest absolute Gasteiger partial charge is 0.199 e. The van der Waals surface area contributed by atoms with Gasteiger partial charge in [-0.3, -0.25) is 0 Å². The van der Waals surface area contributed by atoms with Crippen molar-refractivity contribution in [1.82, 2.24) is 0 Å². The summed E-state index contributed by atoms with van der Waals surface area (Å²) in [5.74, 6) is 0. The molecule has 0 saturated carbocycles. The van der Waals surface area contributed by atoms with Gasteiger partial charge in [-0.25, -0.2) is 0 Å². The Balaban J connectivity index is 2.51. The molecule has 3 nitrogen and oxygen atoms in total. The third-order valence-electron chi connectivity index (χ3n) is 3.04. The molecule has 0 heterocycles. The molecular formula is C17H14F3NO2S. The molecule has 0 radical (unpaired) electrons. The van der Waals surface area contributed by atoms with Gasteiger partial charge in [-0.2, -0.15) is 26.0 Å². The highest BCUT2D eigenvalue weighted by Crippen LogP contribution is 2.19. The molecule has 2 aromatic carbocycles. The van der Waals surface area contributed by atoms with Crippen molar-refractivity contribution in [1.29, 1.82) is 0 Å². The van der Waals surface area contributed by atoms with E-state index < -0.39 is 16.2 Å². The summed E-state index contributed by atoms with van der Waals surface area (Å²) in [5.41, 5.74) is 0.848. The fraction of sp³-hybridized carbons (Fsp3) is 0.118. The molecule has 0 aromatic heterocycles. The van der Waals surface area contributed by atoms with E-state index in [4.69, 9.17) is 0 Å². The Kier molecular flexibility index (Phi) is 5.23. The first-order valence-corrected chi connectivity index (χ1v) is 8.34. The fourth-order valence-corrected chi connectivity index (χ4v) is 2.86. The molecule has 24 heavy (non-hydrogen) atoms. The second kappa shape index (κ2) is 7.00. The average molecular weight is 353 g/mol. The molecule has 126 valence electrons. The number of halogens is 3. The van der Waals surface area contributed by atoms with Crippen LogP contribution >= 0.6 is 0 Å². The minimum atomic E-state index is -4.57. The summed E-state index contributed by atoms with van der Waals surface area (Å²) >= 11 is 0. The van der Waals surface area contributed by atoms with Crippen LogP contribution in [-0.2, 0) is 10.0 Å². The minimum absolute atomic E-state index is 0.0382. The highest BCUT2D eigenvalue weighted by Gasteiger charge is 2.23. The first-order chi connectivity index (χ1) is 11.2. The predicted molar refractivity (Wildman–Crippen MR) is 86.5 cm³/mol. The van der Waals surface area contributed by atoms with E-state index >= 15 is 0 Å². The lowest BCUT2D eigenvalue weighted by Crippen LogP contribution is -2.07. The monoisotopic (exact) mass is 353 g/mol. The summed E-state index contributed by atoms with van der Waals surface area (Å²) in [4.78, 5) is -0.0815. The molecule has 2 rings (SSSR count). The van der Waals surface area contributed by atoms with Gasteiger partial charge in [0.15, 0.2) is 0 Å². The van der Waals surface area contributed by atoms with Crippen LogP contribution in [0.2, 0.25) is 0 Å². The summed E-state index contributed by atoms with van der Waals surface area (Å²) in [7, 11) is -4.12. The van der Waals surface area contributed by atoms with Gasteiger partial charge in [-0.05, 0) is 25.1 Å². The lowest BCUT2D eigenvalue weighted by atomic mass is 10.1. The second-order valence-electron chi connectivity index (χ2n) is 5.01. The topological polar surface area (TPSA) is 46.5 Å². The van der Waals surface area contributed by atoms with E-state index in [-0.39, 0.29) is 22.2 Å². The summed E-state index contributed by atoms with van der Waals surface area (Å²) in [5, 5.41) is 0. The summed E-state index contributed by atoms with van der Waals surface area (Å²) in [6.07, 6.45) is -3.95. The zero-order valence-electron chi connectivity index (χ0n) is 12.7. The zero-order chi connectivity index (χ0) is 17.8. The van der Waals surface area contributed by atoms with Gasteiger partial charge < -0.3 is 0 Å². The Morgan fingerprint density at radius 2 is 1.58 bits per heavy atom. The molecule has 0 fully saturated rings. The lowest BCUT2D eigenvalue weighted by Gasteiger charge is -2.05. The first kappa shape index (κ1) is 17.9. The van der Waals surface area contributed by atoms with Crippen molar-refractivity contribution in [2.45, 2.75) is 18.0 Å². The Labute approximate surface area is 138 Å². The van der Waals surface area contributed by atoms with E-state index in [2.05, 4.69) is 4.40 Å². The number of nitrogens with zero attached hydrogens (tertiary/aromatic N) is 1. The van der Waals surface area contributed by atoms with Crippen LogP contribution in [0.15, 0.2) is 76.0 Å². The molecule has 0 N–H and O–H groups in total. The van der Waals surface area contributed by atoms with Gasteiger partial charge in [-0.1, -0.05) is 48.0 Å². The Morgan fingerprint density at radius 3 is 2.12 bits per heavy atom.